The van der Waals surface area contributed by atoms with E-state index in [2.05, 4.69) is 6.92 Å². The van der Waals surface area contributed by atoms with Gasteiger partial charge in [0.15, 0.2) is 0 Å². The van der Waals surface area contributed by atoms with Gasteiger partial charge in [0.1, 0.15) is 5.82 Å². The minimum absolute atomic E-state index is 0.0260. The van der Waals surface area contributed by atoms with Crippen molar-refractivity contribution in [2.24, 2.45) is 11.8 Å². The van der Waals surface area contributed by atoms with Crippen LogP contribution in [0.3, 0.4) is 0 Å². The van der Waals surface area contributed by atoms with Crippen LogP contribution in [0.1, 0.15) is 25.3 Å². The standard InChI is InChI=1S/C13H15Cl2F/c1-8(9-5-6-9)12(15)7-10-11(14)3-2-4-13(10)16/h2-4,8-9,12H,5-7H2,1H3. The van der Waals surface area contributed by atoms with Crippen LogP contribution < -0.4 is 0 Å². The maximum atomic E-state index is 13.5. The van der Waals surface area contributed by atoms with Crippen LogP contribution in [0.5, 0.6) is 0 Å². The average Bonchev–Trinajstić information content (AvgIpc) is 3.06. The zero-order valence-electron chi connectivity index (χ0n) is 9.22. The number of rotatable bonds is 4. The molecule has 0 aliphatic heterocycles. The monoisotopic (exact) mass is 260 g/mol. The van der Waals surface area contributed by atoms with Gasteiger partial charge in [-0.05, 0) is 43.2 Å². The second kappa shape index (κ2) is 4.93. The number of hydrogen-bond donors (Lipinski definition) is 0. The number of hydrogen-bond acceptors (Lipinski definition) is 0. The van der Waals surface area contributed by atoms with Crippen LogP contribution in [0.25, 0.3) is 0 Å². The van der Waals surface area contributed by atoms with E-state index in [1.807, 2.05) is 0 Å². The Kier molecular flexibility index (Phi) is 3.76. The summed E-state index contributed by atoms with van der Waals surface area (Å²) < 4.78 is 13.5. The first-order valence-corrected chi connectivity index (χ1v) is 6.48. The highest BCUT2D eigenvalue weighted by Gasteiger charge is 2.32. The highest BCUT2D eigenvalue weighted by molar-refractivity contribution is 6.31. The van der Waals surface area contributed by atoms with Gasteiger partial charge in [-0.15, -0.1) is 11.6 Å². The van der Waals surface area contributed by atoms with Crippen molar-refractivity contribution in [3.63, 3.8) is 0 Å². The Morgan fingerprint density at radius 3 is 2.69 bits per heavy atom. The van der Waals surface area contributed by atoms with E-state index in [4.69, 9.17) is 23.2 Å². The first-order valence-electron chi connectivity index (χ1n) is 5.66. The quantitative estimate of drug-likeness (QED) is 0.690. The molecule has 1 fully saturated rings. The minimum atomic E-state index is -0.249. The Hall–Kier alpha value is -0.270. The highest BCUT2D eigenvalue weighted by Crippen LogP contribution is 2.40. The Labute approximate surface area is 106 Å². The fraction of sp³-hybridized carbons (Fsp3) is 0.538. The molecule has 1 aliphatic carbocycles. The molecule has 1 saturated carbocycles. The molecule has 0 amide bonds. The summed E-state index contributed by atoms with van der Waals surface area (Å²) in [7, 11) is 0. The summed E-state index contributed by atoms with van der Waals surface area (Å²) in [6.45, 7) is 2.14. The van der Waals surface area contributed by atoms with E-state index in [1.54, 1.807) is 12.1 Å². The molecule has 2 atom stereocenters. The van der Waals surface area contributed by atoms with E-state index in [9.17, 15) is 4.39 Å². The smallest absolute Gasteiger partial charge is 0.127 e. The van der Waals surface area contributed by atoms with E-state index in [0.717, 1.165) is 5.92 Å². The van der Waals surface area contributed by atoms with E-state index in [0.29, 0.717) is 22.9 Å². The second-order valence-corrected chi connectivity index (χ2v) is 5.58. The predicted molar refractivity (Wildman–Crippen MR) is 66.6 cm³/mol. The summed E-state index contributed by atoms with van der Waals surface area (Å²) in [5, 5.41) is 0.454. The van der Waals surface area contributed by atoms with Crippen LogP contribution in [0.15, 0.2) is 18.2 Å². The van der Waals surface area contributed by atoms with Crippen molar-refractivity contribution in [2.75, 3.05) is 0 Å². The molecular formula is C13H15Cl2F. The minimum Gasteiger partial charge on any atom is -0.207 e. The molecule has 1 aliphatic rings. The lowest BCUT2D eigenvalue weighted by molar-refractivity contribution is 0.472. The largest absolute Gasteiger partial charge is 0.207 e. The SMILES string of the molecule is CC(C(Cl)Cc1c(F)cccc1Cl)C1CC1. The first-order chi connectivity index (χ1) is 7.59. The van der Waals surface area contributed by atoms with Gasteiger partial charge in [-0.2, -0.15) is 0 Å². The van der Waals surface area contributed by atoms with Gasteiger partial charge in [0.05, 0.1) is 0 Å². The van der Waals surface area contributed by atoms with Crippen molar-refractivity contribution in [2.45, 2.75) is 31.6 Å². The predicted octanol–water partition coefficient (Wildman–Crippen LogP) is 4.68. The van der Waals surface area contributed by atoms with Crippen molar-refractivity contribution in [1.82, 2.24) is 0 Å². The van der Waals surface area contributed by atoms with Gasteiger partial charge < -0.3 is 0 Å². The molecule has 0 aromatic heterocycles. The summed E-state index contributed by atoms with van der Waals surface area (Å²) >= 11 is 12.3. The summed E-state index contributed by atoms with van der Waals surface area (Å²) in [6, 6.07) is 4.77. The van der Waals surface area contributed by atoms with Gasteiger partial charge in [-0.3, -0.25) is 0 Å². The third-order valence-electron chi connectivity index (χ3n) is 3.40. The molecule has 0 bridgehead atoms. The summed E-state index contributed by atoms with van der Waals surface area (Å²) in [5.74, 6) is 0.923. The van der Waals surface area contributed by atoms with Crippen molar-refractivity contribution >= 4 is 23.2 Å². The molecule has 2 rings (SSSR count). The molecule has 0 saturated heterocycles. The third-order valence-corrected chi connectivity index (χ3v) is 4.30. The summed E-state index contributed by atoms with van der Waals surface area (Å²) in [5.41, 5.74) is 0.552. The molecule has 1 aromatic rings. The fourth-order valence-electron chi connectivity index (χ4n) is 2.03. The van der Waals surface area contributed by atoms with Gasteiger partial charge in [0.2, 0.25) is 0 Å². The van der Waals surface area contributed by atoms with E-state index < -0.39 is 0 Å². The van der Waals surface area contributed by atoms with Crippen molar-refractivity contribution in [3.8, 4) is 0 Å². The van der Waals surface area contributed by atoms with Crippen molar-refractivity contribution < 1.29 is 4.39 Å². The Morgan fingerprint density at radius 1 is 1.44 bits per heavy atom. The molecule has 0 radical (unpaired) electrons. The molecule has 0 N–H and O–H groups in total. The lowest BCUT2D eigenvalue weighted by atomic mass is 9.96. The molecule has 0 heterocycles. The Morgan fingerprint density at radius 2 is 2.12 bits per heavy atom. The van der Waals surface area contributed by atoms with Crippen LogP contribution in [0, 0.1) is 17.7 Å². The maximum absolute atomic E-state index is 13.5. The van der Waals surface area contributed by atoms with Gasteiger partial charge >= 0.3 is 0 Å². The van der Waals surface area contributed by atoms with Gasteiger partial charge in [-0.1, -0.05) is 24.6 Å². The third kappa shape index (κ3) is 2.70. The van der Waals surface area contributed by atoms with Crippen LogP contribution in [0.2, 0.25) is 5.02 Å². The molecule has 3 heteroatoms. The number of alkyl halides is 1. The molecule has 0 spiro atoms. The van der Waals surface area contributed by atoms with Crippen LogP contribution in [-0.2, 0) is 6.42 Å². The molecule has 2 unspecified atom stereocenters. The number of benzene rings is 1. The molecule has 88 valence electrons. The average molecular weight is 261 g/mol. The highest BCUT2D eigenvalue weighted by atomic mass is 35.5. The molecule has 0 nitrogen and oxygen atoms in total. The van der Waals surface area contributed by atoms with Crippen LogP contribution >= 0.6 is 23.2 Å². The Balaban J connectivity index is 2.07. The molecular weight excluding hydrogens is 246 g/mol. The first kappa shape index (κ1) is 12.2. The van der Waals surface area contributed by atoms with Crippen LogP contribution in [0.4, 0.5) is 4.39 Å². The molecule has 1 aromatic carbocycles. The lowest BCUT2D eigenvalue weighted by Gasteiger charge is -2.18. The molecule has 16 heavy (non-hydrogen) atoms. The topological polar surface area (TPSA) is 0 Å². The van der Waals surface area contributed by atoms with Crippen molar-refractivity contribution in [1.29, 1.82) is 0 Å². The van der Waals surface area contributed by atoms with Crippen molar-refractivity contribution in [3.05, 3.63) is 34.6 Å². The summed E-state index contributed by atoms with van der Waals surface area (Å²) in [6.07, 6.45) is 3.04. The lowest BCUT2D eigenvalue weighted by Crippen LogP contribution is -2.17. The normalized spacial score (nSPS) is 19.5. The van der Waals surface area contributed by atoms with Gasteiger partial charge in [0, 0.05) is 16.0 Å². The van der Waals surface area contributed by atoms with E-state index >= 15 is 0 Å². The van der Waals surface area contributed by atoms with Gasteiger partial charge in [0.25, 0.3) is 0 Å². The summed E-state index contributed by atoms with van der Waals surface area (Å²) in [4.78, 5) is 0. The van der Waals surface area contributed by atoms with E-state index in [1.165, 1.54) is 18.9 Å². The maximum Gasteiger partial charge on any atom is 0.127 e. The Bertz CT molecular complexity index is 354. The number of halogens is 3. The van der Waals surface area contributed by atoms with E-state index in [-0.39, 0.29) is 11.2 Å². The zero-order valence-corrected chi connectivity index (χ0v) is 10.7. The fourth-order valence-corrected chi connectivity index (χ4v) is 2.63. The van der Waals surface area contributed by atoms with Gasteiger partial charge in [-0.25, -0.2) is 4.39 Å². The van der Waals surface area contributed by atoms with Crippen LogP contribution in [-0.4, -0.2) is 5.38 Å². The zero-order chi connectivity index (χ0) is 11.7. The second-order valence-electron chi connectivity index (χ2n) is 4.62.